The van der Waals surface area contributed by atoms with E-state index in [4.69, 9.17) is 9.47 Å². The summed E-state index contributed by atoms with van der Waals surface area (Å²) in [6.45, 7) is 9.02. The molecule has 0 aromatic heterocycles. The molecule has 0 saturated carbocycles. The summed E-state index contributed by atoms with van der Waals surface area (Å²) in [5, 5.41) is 12.7. The summed E-state index contributed by atoms with van der Waals surface area (Å²) in [6, 6.07) is 12.8. The number of ether oxygens (including phenoxy) is 2. The van der Waals surface area contributed by atoms with Crippen LogP contribution in [0.2, 0.25) is 0 Å². The maximum Gasteiger partial charge on any atom is 0.170 e. The normalized spacial score (nSPS) is 16.1. The summed E-state index contributed by atoms with van der Waals surface area (Å²) in [6.07, 6.45) is 0.111. The van der Waals surface area contributed by atoms with E-state index in [0.717, 1.165) is 43.9 Å². The molecule has 176 valence electrons. The third-order valence-corrected chi connectivity index (χ3v) is 5.90. The van der Waals surface area contributed by atoms with E-state index in [2.05, 4.69) is 17.3 Å². The molecule has 0 amide bonds. The summed E-state index contributed by atoms with van der Waals surface area (Å²) in [5.74, 6) is 1.24. The zero-order valence-corrected chi connectivity index (χ0v) is 19.4. The Morgan fingerprint density at radius 1 is 1.09 bits per heavy atom. The molecule has 0 spiro atoms. The van der Waals surface area contributed by atoms with Crippen LogP contribution in [0.4, 0.5) is 4.39 Å². The number of likely N-dealkylation sites (N-methyl/N-ethyl adjacent to an activating group) is 1. The highest BCUT2D eigenvalue weighted by Crippen LogP contribution is 2.31. The topological polar surface area (TPSA) is 63.0 Å². The number of nitrogens with zero attached hydrogens (tertiary/aromatic N) is 1. The fraction of sp³-hybridized carbons (Fsp3) is 0.520. The van der Waals surface area contributed by atoms with Crippen molar-refractivity contribution in [2.24, 2.45) is 0 Å². The monoisotopic (exact) mass is 447 g/mol. The number of halogens is 1. The van der Waals surface area contributed by atoms with Crippen LogP contribution in [0.1, 0.15) is 18.1 Å². The number of hydrogen-bond donors (Lipinski definition) is 3. The first kappa shape index (κ1) is 24.5. The van der Waals surface area contributed by atoms with Crippen molar-refractivity contribution in [1.29, 1.82) is 0 Å². The van der Waals surface area contributed by atoms with Gasteiger partial charge in [0, 0.05) is 26.1 Å². The highest BCUT2D eigenvalue weighted by atomic mass is 19.1. The smallest absolute Gasteiger partial charge is 0.170 e. The lowest BCUT2D eigenvalue weighted by Gasteiger charge is -2.31. The van der Waals surface area contributed by atoms with Crippen LogP contribution in [0.25, 0.3) is 0 Å². The molecule has 1 unspecified atom stereocenters. The Bertz CT molecular complexity index is 828. The third kappa shape index (κ3) is 7.45. The lowest BCUT2D eigenvalue weighted by molar-refractivity contribution is -0.884. The average Bonchev–Trinajstić information content (AvgIpc) is 2.79. The van der Waals surface area contributed by atoms with Gasteiger partial charge in [0.2, 0.25) is 0 Å². The lowest BCUT2D eigenvalue weighted by atomic mass is 10.1. The number of nitrogens with two attached hydrogens (primary N) is 1. The molecular formula is C25H38FN3O3+2. The zero-order chi connectivity index (χ0) is 22.8. The number of benzene rings is 2. The summed E-state index contributed by atoms with van der Waals surface area (Å²) in [7, 11) is 2.20. The van der Waals surface area contributed by atoms with E-state index in [9.17, 15) is 9.50 Å². The van der Waals surface area contributed by atoms with E-state index >= 15 is 0 Å². The Kier molecular flexibility index (Phi) is 9.74. The molecule has 7 heteroatoms. The summed E-state index contributed by atoms with van der Waals surface area (Å²) in [5.41, 5.74) is 1.75. The molecule has 0 radical (unpaired) electrons. The Morgan fingerprint density at radius 2 is 1.84 bits per heavy atom. The van der Waals surface area contributed by atoms with Gasteiger partial charge in [-0.2, -0.15) is 0 Å². The van der Waals surface area contributed by atoms with Crippen molar-refractivity contribution < 1.29 is 29.2 Å². The number of hydrogen-bond acceptors (Lipinski definition) is 4. The second-order valence-electron chi connectivity index (χ2n) is 8.52. The number of piperazine rings is 1. The van der Waals surface area contributed by atoms with Crippen LogP contribution in [0, 0.1) is 5.82 Å². The van der Waals surface area contributed by atoms with E-state index in [1.165, 1.54) is 11.0 Å². The maximum absolute atomic E-state index is 13.8. The number of rotatable bonds is 12. The zero-order valence-electron chi connectivity index (χ0n) is 19.4. The Morgan fingerprint density at radius 3 is 2.59 bits per heavy atom. The Balaban J connectivity index is 1.54. The van der Waals surface area contributed by atoms with Crippen molar-refractivity contribution in [3.05, 3.63) is 59.4 Å². The molecule has 1 aliphatic rings. The van der Waals surface area contributed by atoms with Crippen LogP contribution in [0.5, 0.6) is 11.5 Å². The van der Waals surface area contributed by atoms with Crippen molar-refractivity contribution in [3.63, 3.8) is 0 Å². The molecule has 32 heavy (non-hydrogen) atoms. The maximum atomic E-state index is 13.8. The molecule has 0 bridgehead atoms. The minimum atomic E-state index is -0.555. The Hall–Kier alpha value is -2.19. The molecule has 2 aromatic rings. The van der Waals surface area contributed by atoms with Gasteiger partial charge in [0.15, 0.2) is 11.5 Å². The van der Waals surface area contributed by atoms with Gasteiger partial charge in [-0.1, -0.05) is 24.3 Å². The Labute approximate surface area is 190 Å². The number of β-amino-alcohol motifs (C(OH)–C–C–N with tert-alkyl or cyclic N) is 1. The molecule has 6 nitrogen and oxygen atoms in total. The van der Waals surface area contributed by atoms with Crippen molar-refractivity contribution in [2.75, 3.05) is 59.5 Å². The van der Waals surface area contributed by atoms with E-state index in [0.29, 0.717) is 37.6 Å². The van der Waals surface area contributed by atoms with Gasteiger partial charge >= 0.3 is 0 Å². The van der Waals surface area contributed by atoms with Crippen LogP contribution in [-0.4, -0.2) is 75.6 Å². The van der Waals surface area contributed by atoms with Crippen LogP contribution in [0.3, 0.4) is 0 Å². The van der Waals surface area contributed by atoms with E-state index < -0.39 is 6.10 Å². The second-order valence-corrected chi connectivity index (χ2v) is 8.52. The van der Waals surface area contributed by atoms with Gasteiger partial charge in [0.1, 0.15) is 25.1 Å². The average molecular weight is 448 g/mol. The van der Waals surface area contributed by atoms with Gasteiger partial charge in [-0.05, 0) is 30.7 Å². The first-order chi connectivity index (χ1) is 15.6. The minimum absolute atomic E-state index is 0.154. The van der Waals surface area contributed by atoms with Gasteiger partial charge in [-0.25, -0.2) is 4.39 Å². The first-order valence-electron chi connectivity index (χ1n) is 11.7. The molecule has 1 aliphatic heterocycles. The standard InChI is InChI=1S/C25H36FN3O3/c1-3-31-24-10-6-8-21(17-27-12-11-20-7-4-5-9-23(20)26)25(24)32-19-22(30)18-29-15-13-28(2)14-16-29/h4-10,22,27,30H,3,11-19H2,1-2H3/p+2. The number of aliphatic hydroxyl groups is 1. The predicted molar refractivity (Wildman–Crippen MR) is 123 cm³/mol. The largest absolute Gasteiger partial charge is 0.490 e. The summed E-state index contributed by atoms with van der Waals surface area (Å²) >= 11 is 0. The van der Waals surface area contributed by atoms with Crippen molar-refractivity contribution in [3.8, 4) is 11.5 Å². The highest BCUT2D eigenvalue weighted by molar-refractivity contribution is 5.46. The predicted octanol–water partition coefficient (Wildman–Crippen LogP) is 0.101. The van der Waals surface area contributed by atoms with Crippen molar-refractivity contribution >= 4 is 0 Å². The molecule has 1 saturated heterocycles. The SMILES string of the molecule is CCOc1cccc(C[NH2+]CCc2ccccc2F)c1OCC(O)CN1CC[NH+](C)CC1. The van der Waals surface area contributed by atoms with E-state index in [1.54, 1.807) is 6.07 Å². The molecule has 1 fully saturated rings. The molecule has 1 atom stereocenters. The fourth-order valence-electron chi connectivity index (χ4n) is 4.02. The molecule has 1 heterocycles. The van der Waals surface area contributed by atoms with Gasteiger partial charge in [-0.3, -0.25) is 4.90 Å². The van der Waals surface area contributed by atoms with Crippen molar-refractivity contribution in [2.45, 2.75) is 26.0 Å². The second kappa shape index (κ2) is 12.7. The van der Waals surface area contributed by atoms with E-state index in [1.807, 2.05) is 37.3 Å². The fourth-order valence-corrected chi connectivity index (χ4v) is 4.02. The van der Waals surface area contributed by atoms with Gasteiger partial charge in [-0.15, -0.1) is 0 Å². The van der Waals surface area contributed by atoms with Gasteiger partial charge < -0.3 is 24.8 Å². The molecule has 4 N–H and O–H groups in total. The van der Waals surface area contributed by atoms with Gasteiger partial charge in [0.05, 0.1) is 38.9 Å². The lowest BCUT2D eigenvalue weighted by Crippen LogP contribution is -3.12. The quantitative estimate of drug-likeness (QED) is 0.404. The van der Waals surface area contributed by atoms with Gasteiger partial charge in [0.25, 0.3) is 0 Å². The summed E-state index contributed by atoms with van der Waals surface area (Å²) in [4.78, 5) is 3.83. The van der Waals surface area contributed by atoms with E-state index in [-0.39, 0.29) is 12.4 Å². The minimum Gasteiger partial charge on any atom is -0.490 e. The number of aliphatic hydroxyl groups excluding tert-OH is 1. The van der Waals surface area contributed by atoms with Crippen molar-refractivity contribution in [1.82, 2.24) is 4.90 Å². The van der Waals surface area contributed by atoms with Crippen LogP contribution >= 0.6 is 0 Å². The van der Waals surface area contributed by atoms with Crippen LogP contribution in [0.15, 0.2) is 42.5 Å². The molecule has 3 rings (SSSR count). The van der Waals surface area contributed by atoms with Crippen LogP contribution in [-0.2, 0) is 13.0 Å². The third-order valence-electron chi connectivity index (χ3n) is 5.90. The summed E-state index contributed by atoms with van der Waals surface area (Å²) < 4.78 is 25.7. The van der Waals surface area contributed by atoms with Crippen LogP contribution < -0.4 is 19.7 Å². The molecular weight excluding hydrogens is 409 g/mol. The molecule has 0 aliphatic carbocycles. The molecule has 2 aromatic carbocycles. The number of quaternary nitrogens is 2. The number of nitrogens with one attached hydrogen (secondary N) is 1. The highest BCUT2D eigenvalue weighted by Gasteiger charge is 2.20. The number of para-hydroxylation sites is 1. The first-order valence-corrected chi connectivity index (χ1v) is 11.7.